The van der Waals surface area contributed by atoms with E-state index < -0.39 is 0 Å². The Balaban J connectivity index is 1.36. The highest BCUT2D eigenvalue weighted by Crippen LogP contribution is 2.32. The first-order chi connectivity index (χ1) is 13.6. The van der Waals surface area contributed by atoms with E-state index >= 15 is 0 Å². The van der Waals surface area contributed by atoms with Crippen LogP contribution in [0.2, 0.25) is 0 Å². The van der Waals surface area contributed by atoms with Crippen LogP contribution < -0.4 is 5.32 Å². The number of H-pyrrole nitrogens is 1. The maximum atomic E-state index is 12.7. The number of nitrogens with zero attached hydrogens (tertiary/aromatic N) is 3. The summed E-state index contributed by atoms with van der Waals surface area (Å²) in [6.45, 7) is 4.66. The lowest BCUT2D eigenvalue weighted by atomic mass is 9.95. The largest absolute Gasteiger partial charge is 0.461 e. The summed E-state index contributed by atoms with van der Waals surface area (Å²) in [5.41, 5.74) is 3.02. The van der Waals surface area contributed by atoms with Gasteiger partial charge in [-0.25, -0.2) is 4.98 Å². The van der Waals surface area contributed by atoms with Crippen LogP contribution >= 0.6 is 0 Å². The number of aryl methyl sites for hydroxylation is 1. The molecule has 2 N–H and O–H groups in total. The van der Waals surface area contributed by atoms with E-state index in [2.05, 4.69) is 38.9 Å². The van der Waals surface area contributed by atoms with Crippen molar-refractivity contribution in [2.75, 3.05) is 6.54 Å². The molecule has 7 heteroatoms. The number of rotatable bonds is 6. The average Bonchev–Trinajstić information content (AvgIpc) is 3.43. The van der Waals surface area contributed by atoms with Gasteiger partial charge in [0.15, 0.2) is 5.76 Å². The number of aromatic nitrogens is 4. The molecule has 0 radical (unpaired) electrons. The van der Waals surface area contributed by atoms with E-state index in [1.165, 1.54) is 37.8 Å². The van der Waals surface area contributed by atoms with Gasteiger partial charge in [0.1, 0.15) is 5.82 Å². The highest BCUT2D eigenvalue weighted by molar-refractivity contribution is 5.95. The highest BCUT2D eigenvalue weighted by atomic mass is 16.3. The quantitative estimate of drug-likeness (QED) is 0.676. The fourth-order valence-electron chi connectivity index (χ4n) is 4.22. The molecular formula is C21H27N5O2. The Morgan fingerprint density at radius 3 is 2.89 bits per heavy atom. The molecule has 3 aromatic heterocycles. The van der Waals surface area contributed by atoms with Crippen molar-refractivity contribution in [2.45, 2.75) is 58.4 Å². The van der Waals surface area contributed by atoms with Crippen LogP contribution in [-0.2, 0) is 6.42 Å². The van der Waals surface area contributed by atoms with Gasteiger partial charge in [-0.15, -0.1) is 0 Å². The summed E-state index contributed by atoms with van der Waals surface area (Å²) in [5.74, 6) is 1.85. The fourth-order valence-corrected chi connectivity index (χ4v) is 4.22. The molecule has 0 unspecified atom stereocenters. The molecule has 0 bridgehead atoms. The molecule has 0 aliphatic heterocycles. The summed E-state index contributed by atoms with van der Waals surface area (Å²) in [7, 11) is 0. The van der Waals surface area contributed by atoms with Crippen molar-refractivity contribution < 1.29 is 9.21 Å². The molecule has 1 aliphatic rings. The Hall–Kier alpha value is -2.83. The van der Waals surface area contributed by atoms with Crippen molar-refractivity contribution >= 4 is 5.91 Å². The minimum atomic E-state index is -0.0269. The molecule has 1 aliphatic carbocycles. The summed E-state index contributed by atoms with van der Waals surface area (Å²) in [6, 6.07) is 6.17. The van der Waals surface area contributed by atoms with Gasteiger partial charge in [-0.05, 0) is 44.9 Å². The molecule has 1 amide bonds. The Bertz CT molecular complexity index is 932. The first-order valence-corrected chi connectivity index (χ1v) is 10.1. The lowest BCUT2D eigenvalue weighted by Gasteiger charge is -2.26. The van der Waals surface area contributed by atoms with Crippen LogP contribution in [0.4, 0.5) is 0 Å². The monoisotopic (exact) mass is 381 g/mol. The van der Waals surface area contributed by atoms with E-state index in [1.54, 1.807) is 12.3 Å². The van der Waals surface area contributed by atoms with Crippen LogP contribution in [0.3, 0.4) is 0 Å². The number of amides is 1. The van der Waals surface area contributed by atoms with Crippen LogP contribution in [0, 0.1) is 13.8 Å². The predicted octanol–water partition coefficient (Wildman–Crippen LogP) is 3.96. The zero-order valence-corrected chi connectivity index (χ0v) is 16.5. The second kappa shape index (κ2) is 8.04. The van der Waals surface area contributed by atoms with Gasteiger partial charge in [-0.3, -0.25) is 9.89 Å². The Kier molecular flexibility index (Phi) is 5.32. The van der Waals surface area contributed by atoms with Crippen LogP contribution in [0.25, 0.3) is 11.6 Å². The van der Waals surface area contributed by atoms with Crippen molar-refractivity contribution in [1.29, 1.82) is 0 Å². The fraction of sp³-hybridized carbons (Fsp3) is 0.476. The molecule has 0 aromatic carbocycles. The van der Waals surface area contributed by atoms with Crippen LogP contribution in [0.1, 0.15) is 65.7 Å². The minimum absolute atomic E-state index is 0.0269. The van der Waals surface area contributed by atoms with Gasteiger partial charge in [0.25, 0.3) is 5.91 Å². The Labute approximate surface area is 164 Å². The van der Waals surface area contributed by atoms with Gasteiger partial charge in [-0.2, -0.15) is 5.10 Å². The van der Waals surface area contributed by atoms with Crippen LogP contribution in [0.15, 0.2) is 28.9 Å². The molecule has 0 spiro atoms. The molecule has 7 nitrogen and oxygen atoms in total. The highest BCUT2D eigenvalue weighted by Gasteiger charge is 2.22. The van der Waals surface area contributed by atoms with Gasteiger partial charge in [0.2, 0.25) is 5.82 Å². The van der Waals surface area contributed by atoms with Crippen molar-refractivity contribution in [1.82, 2.24) is 25.1 Å². The topological polar surface area (TPSA) is 88.7 Å². The van der Waals surface area contributed by atoms with Gasteiger partial charge >= 0.3 is 0 Å². The lowest BCUT2D eigenvalue weighted by molar-refractivity contribution is 0.0953. The molecule has 3 aromatic rings. The maximum absolute atomic E-state index is 12.7. The van der Waals surface area contributed by atoms with Crippen molar-refractivity contribution in [2.24, 2.45) is 0 Å². The third-order valence-electron chi connectivity index (χ3n) is 5.59. The molecule has 0 atom stereocenters. The normalized spacial score (nSPS) is 15.1. The average molecular weight is 381 g/mol. The Morgan fingerprint density at radius 1 is 1.32 bits per heavy atom. The number of hydrogen-bond donors (Lipinski definition) is 2. The number of carbonyl (C=O) groups is 1. The molecule has 1 saturated carbocycles. The van der Waals surface area contributed by atoms with Crippen molar-refractivity contribution in [3.8, 4) is 11.6 Å². The summed E-state index contributed by atoms with van der Waals surface area (Å²) in [5, 5.41) is 10.1. The SMILES string of the molecule is Cc1cc(C(=O)NCCc2nc(-c3ccco3)n[nH]2)c(C)n1C1CCCCC1. The van der Waals surface area contributed by atoms with E-state index in [1.807, 2.05) is 12.1 Å². The molecular weight excluding hydrogens is 354 g/mol. The van der Waals surface area contributed by atoms with Gasteiger partial charge in [-0.1, -0.05) is 19.3 Å². The van der Waals surface area contributed by atoms with E-state index in [0.717, 1.165) is 17.1 Å². The minimum Gasteiger partial charge on any atom is -0.461 e. The first-order valence-electron chi connectivity index (χ1n) is 10.1. The molecule has 148 valence electrons. The molecule has 28 heavy (non-hydrogen) atoms. The first kappa shape index (κ1) is 18.5. The van der Waals surface area contributed by atoms with Crippen molar-refractivity contribution in [3.05, 3.63) is 47.2 Å². The zero-order valence-electron chi connectivity index (χ0n) is 16.5. The van der Waals surface area contributed by atoms with Gasteiger partial charge in [0, 0.05) is 30.4 Å². The molecule has 3 heterocycles. The van der Waals surface area contributed by atoms with E-state index in [0.29, 0.717) is 30.6 Å². The third-order valence-corrected chi connectivity index (χ3v) is 5.59. The molecule has 0 saturated heterocycles. The van der Waals surface area contributed by atoms with Gasteiger partial charge in [0.05, 0.1) is 11.8 Å². The Morgan fingerprint density at radius 2 is 2.14 bits per heavy atom. The summed E-state index contributed by atoms with van der Waals surface area (Å²) < 4.78 is 7.65. The van der Waals surface area contributed by atoms with Gasteiger partial charge < -0.3 is 14.3 Å². The standard InChI is InChI=1S/C21H27N5O2/c1-14-13-17(15(2)26(14)16-7-4-3-5-8-16)21(27)22-11-10-19-23-20(25-24-19)18-9-6-12-28-18/h6,9,12-13,16H,3-5,7-8,10-11H2,1-2H3,(H,22,27)(H,23,24,25). The number of furan rings is 1. The number of nitrogens with one attached hydrogen (secondary N) is 2. The lowest BCUT2D eigenvalue weighted by Crippen LogP contribution is -2.26. The molecule has 1 fully saturated rings. The second-order valence-electron chi connectivity index (χ2n) is 7.54. The van der Waals surface area contributed by atoms with E-state index in [-0.39, 0.29) is 5.91 Å². The van der Waals surface area contributed by atoms with E-state index in [9.17, 15) is 4.79 Å². The third kappa shape index (κ3) is 3.74. The maximum Gasteiger partial charge on any atom is 0.253 e. The zero-order chi connectivity index (χ0) is 19.5. The smallest absolute Gasteiger partial charge is 0.253 e. The summed E-state index contributed by atoms with van der Waals surface area (Å²) in [4.78, 5) is 17.1. The van der Waals surface area contributed by atoms with Crippen LogP contribution in [-0.4, -0.2) is 32.2 Å². The summed E-state index contributed by atoms with van der Waals surface area (Å²) in [6.07, 6.45) is 8.48. The predicted molar refractivity (Wildman–Crippen MR) is 106 cm³/mol. The number of carbonyl (C=O) groups excluding carboxylic acids is 1. The number of aromatic amines is 1. The second-order valence-corrected chi connectivity index (χ2v) is 7.54. The van der Waals surface area contributed by atoms with Crippen LogP contribution in [0.5, 0.6) is 0 Å². The van der Waals surface area contributed by atoms with Crippen molar-refractivity contribution in [3.63, 3.8) is 0 Å². The number of hydrogen-bond acceptors (Lipinski definition) is 4. The van der Waals surface area contributed by atoms with E-state index in [4.69, 9.17) is 4.42 Å². The summed E-state index contributed by atoms with van der Waals surface area (Å²) >= 11 is 0. The molecule has 4 rings (SSSR count).